The highest BCUT2D eigenvalue weighted by Crippen LogP contribution is 2.01. The van der Waals surface area contributed by atoms with E-state index in [1.54, 1.807) is 13.8 Å². The summed E-state index contributed by atoms with van der Waals surface area (Å²) in [5.74, 6) is -0.684. The van der Waals surface area contributed by atoms with Crippen LogP contribution in [0.4, 0.5) is 0 Å². The number of unbranched alkanes of at least 4 members (excludes halogenated alkanes) is 1. The number of hydrogen-bond donors (Lipinski definition) is 2. The van der Waals surface area contributed by atoms with E-state index in [1.807, 2.05) is 6.92 Å². The van der Waals surface area contributed by atoms with Gasteiger partial charge in [0.25, 0.3) is 0 Å². The first-order valence-electron chi connectivity index (χ1n) is 5.08. The third kappa shape index (κ3) is 4.84. The third-order valence-electron chi connectivity index (χ3n) is 2.03. The van der Waals surface area contributed by atoms with Crippen LogP contribution >= 0.6 is 0 Å². The summed E-state index contributed by atoms with van der Waals surface area (Å²) in [6.07, 6.45) is 2.51. The van der Waals surface area contributed by atoms with Crippen LogP contribution in [0.3, 0.4) is 0 Å². The number of amides is 2. The molecule has 0 bridgehead atoms. The van der Waals surface area contributed by atoms with Crippen LogP contribution in [0, 0.1) is 5.92 Å². The highest BCUT2D eigenvalue weighted by molar-refractivity contribution is 5.87. The summed E-state index contributed by atoms with van der Waals surface area (Å²) >= 11 is 0. The van der Waals surface area contributed by atoms with E-state index in [9.17, 15) is 9.59 Å². The van der Waals surface area contributed by atoms with Crippen LogP contribution in [0.15, 0.2) is 0 Å². The quantitative estimate of drug-likeness (QED) is 0.665. The van der Waals surface area contributed by atoms with Gasteiger partial charge in [-0.1, -0.05) is 33.6 Å². The molecule has 14 heavy (non-hydrogen) atoms. The minimum absolute atomic E-state index is 0.113. The van der Waals surface area contributed by atoms with Gasteiger partial charge in [-0.05, 0) is 6.42 Å². The lowest BCUT2D eigenvalue weighted by Crippen LogP contribution is -2.45. The molecule has 0 unspecified atom stereocenters. The molecule has 0 aromatic rings. The molecular formula is C10H20N2O2. The Labute approximate surface area is 85.2 Å². The molecule has 0 fully saturated rings. The van der Waals surface area contributed by atoms with Gasteiger partial charge in [-0.3, -0.25) is 9.59 Å². The van der Waals surface area contributed by atoms with Gasteiger partial charge < -0.3 is 11.1 Å². The number of rotatable bonds is 6. The van der Waals surface area contributed by atoms with E-state index in [-0.39, 0.29) is 11.8 Å². The first-order chi connectivity index (χ1) is 6.49. The lowest BCUT2D eigenvalue weighted by Gasteiger charge is -2.16. The summed E-state index contributed by atoms with van der Waals surface area (Å²) in [4.78, 5) is 22.3. The zero-order valence-corrected chi connectivity index (χ0v) is 9.17. The van der Waals surface area contributed by atoms with Crippen molar-refractivity contribution < 1.29 is 9.59 Å². The maximum Gasteiger partial charge on any atom is 0.239 e. The molecule has 0 aromatic carbocycles. The summed E-state index contributed by atoms with van der Waals surface area (Å²) in [7, 11) is 0. The second-order valence-corrected chi connectivity index (χ2v) is 3.76. The number of primary amides is 1. The predicted octanol–water partition coefficient (Wildman–Crippen LogP) is 0.803. The number of nitrogens with one attached hydrogen (secondary N) is 1. The van der Waals surface area contributed by atoms with Gasteiger partial charge in [-0.15, -0.1) is 0 Å². The van der Waals surface area contributed by atoms with Crippen LogP contribution in [-0.4, -0.2) is 17.9 Å². The predicted molar refractivity (Wildman–Crippen MR) is 55.5 cm³/mol. The zero-order valence-electron chi connectivity index (χ0n) is 9.17. The minimum Gasteiger partial charge on any atom is -0.368 e. The van der Waals surface area contributed by atoms with Crippen LogP contribution in [0.25, 0.3) is 0 Å². The van der Waals surface area contributed by atoms with Crippen molar-refractivity contribution in [2.75, 3.05) is 0 Å². The molecule has 1 atom stereocenters. The average Bonchev–Trinajstić information content (AvgIpc) is 2.10. The molecule has 0 heterocycles. The highest BCUT2D eigenvalue weighted by atomic mass is 16.2. The van der Waals surface area contributed by atoms with E-state index < -0.39 is 11.9 Å². The lowest BCUT2D eigenvalue weighted by atomic mass is 10.1. The van der Waals surface area contributed by atoms with E-state index in [1.165, 1.54) is 0 Å². The Balaban J connectivity index is 4.09. The second-order valence-electron chi connectivity index (χ2n) is 3.76. The Morgan fingerprint density at radius 2 is 1.93 bits per heavy atom. The van der Waals surface area contributed by atoms with Gasteiger partial charge >= 0.3 is 0 Å². The molecule has 0 aromatic heterocycles. The maximum absolute atomic E-state index is 11.3. The summed E-state index contributed by atoms with van der Waals surface area (Å²) in [6, 6.07) is -0.509. The second kappa shape index (κ2) is 6.40. The van der Waals surface area contributed by atoms with Gasteiger partial charge in [0.15, 0.2) is 0 Å². The SMILES string of the molecule is CCCC[C@@H](NC(=O)C(C)C)C(N)=O. The molecule has 0 spiro atoms. The molecule has 3 N–H and O–H groups in total. The fourth-order valence-corrected chi connectivity index (χ4v) is 1.03. The maximum atomic E-state index is 11.3. The van der Waals surface area contributed by atoms with Gasteiger partial charge in [0.05, 0.1) is 0 Å². The zero-order chi connectivity index (χ0) is 11.1. The summed E-state index contributed by atoms with van der Waals surface area (Å²) in [6.45, 7) is 5.60. The number of carbonyl (C=O) groups excluding carboxylic acids is 2. The van der Waals surface area contributed by atoms with Crippen molar-refractivity contribution in [3.05, 3.63) is 0 Å². The minimum atomic E-state index is -0.509. The van der Waals surface area contributed by atoms with E-state index in [0.717, 1.165) is 12.8 Å². The van der Waals surface area contributed by atoms with Gasteiger partial charge in [-0.25, -0.2) is 0 Å². The molecule has 0 aliphatic carbocycles. The van der Waals surface area contributed by atoms with Crippen molar-refractivity contribution in [1.29, 1.82) is 0 Å². The molecule has 4 heteroatoms. The third-order valence-corrected chi connectivity index (χ3v) is 2.03. The molecule has 0 saturated heterocycles. The monoisotopic (exact) mass is 200 g/mol. The van der Waals surface area contributed by atoms with Crippen molar-refractivity contribution in [1.82, 2.24) is 5.32 Å². The van der Waals surface area contributed by atoms with Crippen LogP contribution in [-0.2, 0) is 9.59 Å². The largest absolute Gasteiger partial charge is 0.368 e. The van der Waals surface area contributed by atoms with Gasteiger partial charge in [0, 0.05) is 5.92 Å². The molecule has 0 rings (SSSR count). The summed E-state index contributed by atoms with van der Waals surface area (Å²) in [5.41, 5.74) is 5.17. The molecule has 0 radical (unpaired) electrons. The average molecular weight is 200 g/mol. The smallest absolute Gasteiger partial charge is 0.239 e. The van der Waals surface area contributed by atoms with E-state index in [4.69, 9.17) is 5.73 Å². The molecule has 82 valence electrons. The van der Waals surface area contributed by atoms with Crippen molar-refractivity contribution in [2.45, 2.75) is 46.1 Å². The van der Waals surface area contributed by atoms with Gasteiger partial charge in [0.2, 0.25) is 11.8 Å². The summed E-state index contributed by atoms with van der Waals surface area (Å²) in [5, 5.41) is 2.64. The number of hydrogen-bond acceptors (Lipinski definition) is 2. The molecule has 2 amide bonds. The van der Waals surface area contributed by atoms with Crippen LogP contribution in [0.5, 0.6) is 0 Å². The highest BCUT2D eigenvalue weighted by Gasteiger charge is 2.18. The molecule has 0 aliphatic heterocycles. The van der Waals surface area contributed by atoms with Crippen molar-refractivity contribution >= 4 is 11.8 Å². The first-order valence-corrected chi connectivity index (χ1v) is 5.08. The Morgan fingerprint density at radius 3 is 2.29 bits per heavy atom. The number of nitrogens with two attached hydrogens (primary N) is 1. The van der Waals surface area contributed by atoms with Crippen molar-refractivity contribution in [3.8, 4) is 0 Å². The standard InChI is InChI=1S/C10H20N2O2/c1-4-5-6-8(9(11)13)12-10(14)7(2)3/h7-8H,4-6H2,1-3H3,(H2,11,13)(H,12,14)/t8-/m1/s1. The fourth-order valence-electron chi connectivity index (χ4n) is 1.03. The first kappa shape index (κ1) is 12.9. The Bertz CT molecular complexity index is 202. The Kier molecular flexibility index (Phi) is 5.92. The molecular weight excluding hydrogens is 180 g/mol. The topological polar surface area (TPSA) is 72.2 Å². The number of carbonyl (C=O) groups is 2. The van der Waals surface area contributed by atoms with E-state index in [2.05, 4.69) is 5.32 Å². The molecule has 0 aliphatic rings. The Morgan fingerprint density at radius 1 is 1.36 bits per heavy atom. The molecule has 0 saturated carbocycles. The van der Waals surface area contributed by atoms with Crippen molar-refractivity contribution in [3.63, 3.8) is 0 Å². The van der Waals surface area contributed by atoms with Crippen molar-refractivity contribution in [2.24, 2.45) is 11.7 Å². The normalized spacial score (nSPS) is 12.6. The summed E-state index contributed by atoms with van der Waals surface area (Å²) < 4.78 is 0. The van der Waals surface area contributed by atoms with Crippen LogP contribution in [0.2, 0.25) is 0 Å². The lowest BCUT2D eigenvalue weighted by molar-refractivity contribution is -0.129. The van der Waals surface area contributed by atoms with Crippen LogP contribution in [0.1, 0.15) is 40.0 Å². The Hall–Kier alpha value is -1.06. The van der Waals surface area contributed by atoms with Gasteiger partial charge in [0.1, 0.15) is 6.04 Å². The van der Waals surface area contributed by atoms with E-state index >= 15 is 0 Å². The fraction of sp³-hybridized carbons (Fsp3) is 0.800. The van der Waals surface area contributed by atoms with Crippen LogP contribution < -0.4 is 11.1 Å². The van der Waals surface area contributed by atoms with E-state index in [0.29, 0.717) is 6.42 Å². The molecule has 4 nitrogen and oxygen atoms in total. The van der Waals surface area contributed by atoms with Gasteiger partial charge in [-0.2, -0.15) is 0 Å².